The first-order valence-corrected chi connectivity index (χ1v) is 8.36. The van der Waals surface area contributed by atoms with E-state index in [-0.39, 0.29) is 25.1 Å². The summed E-state index contributed by atoms with van der Waals surface area (Å²) < 4.78 is 0. The zero-order valence-corrected chi connectivity index (χ0v) is 14.3. The molecule has 0 bridgehead atoms. The van der Waals surface area contributed by atoms with Crippen LogP contribution in [0.25, 0.3) is 0 Å². The van der Waals surface area contributed by atoms with E-state index in [1.54, 1.807) is 0 Å². The molecule has 24 heavy (non-hydrogen) atoms. The number of aliphatic hydroxyl groups excluding tert-OH is 1. The maximum absolute atomic E-state index is 12.3. The van der Waals surface area contributed by atoms with Crippen LogP contribution in [0.1, 0.15) is 37.4 Å². The number of carbonyl (C=O) groups excluding carboxylic acids is 1. The van der Waals surface area contributed by atoms with Gasteiger partial charge in [-0.15, -0.1) is 0 Å². The third kappa shape index (κ3) is 5.70. The highest BCUT2D eigenvalue weighted by Gasteiger charge is 2.15. The van der Waals surface area contributed by atoms with Crippen LogP contribution in [0.3, 0.4) is 0 Å². The van der Waals surface area contributed by atoms with Gasteiger partial charge in [-0.3, -0.25) is 4.79 Å². The molecular weight excluding hydrogens is 300 g/mol. The smallest absolute Gasteiger partial charge is 0.239 e. The summed E-state index contributed by atoms with van der Waals surface area (Å²) in [6.07, 6.45) is 0.899. The second-order valence-corrected chi connectivity index (χ2v) is 6.37. The van der Waals surface area contributed by atoms with E-state index in [0.717, 1.165) is 23.2 Å². The van der Waals surface area contributed by atoms with Crippen LogP contribution in [0.15, 0.2) is 54.6 Å². The van der Waals surface area contributed by atoms with Gasteiger partial charge in [0.15, 0.2) is 0 Å². The SMILES string of the molecule is CC(C)CC(NC(=O)CNc1cccc(CO)c1)c1ccccc1. The molecule has 4 heteroatoms. The first-order valence-electron chi connectivity index (χ1n) is 8.36. The Kier molecular flexibility index (Phi) is 6.82. The largest absolute Gasteiger partial charge is 0.392 e. The Labute approximate surface area is 143 Å². The van der Waals surface area contributed by atoms with Crippen LogP contribution >= 0.6 is 0 Å². The van der Waals surface area contributed by atoms with E-state index in [0.29, 0.717) is 5.92 Å². The van der Waals surface area contributed by atoms with Gasteiger partial charge in [-0.1, -0.05) is 56.3 Å². The molecule has 0 saturated heterocycles. The van der Waals surface area contributed by atoms with Crippen molar-refractivity contribution in [1.82, 2.24) is 5.32 Å². The Bertz CT molecular complexity index is 641. The monoisotopic (exact) mass is 326 g/mol. The van der Waals surface area contributed by atoms with E-state index in [2.05, 4.69) is 24.5 Å². The Morgan fingerprint density at radius 2 is 1.83 bits per heavy atom. The molecule has 0 aliphatic rings. The number of hydrogen-bond acceptors (Lipinski definition) is 3. The number of hydrogen-bond donors (Lipinski definition) is 3. The van der Waals surface area contributed by atoms with E-state index < -0.39 is 0 Å². The van der Waals surface area contributed by atoms with Crippen LogP contribution in [0.5, 0.6) is 0 Å². The summed E-state index contributed by atoms with van der Waals surface area (Å²) in [5, 5.41) is 15.4. The number of nitrogens with one attached hydrogen (secondary N) is 2. The fourth-order valence-electron chi connectivity index (χ4n) is 2.64. The number of rotatable bonds is 8. The zero-order valence-electron chi connectivity index (χ0n) is 14.3. The minimum Gasteiger partial charge on any atom is -0.392 e. The molecule has 0 radical (unpaired) electrons. The van der Waals surface area contributed by atoms with Crippen molar-refractivity contribution in [3.63, 3.8) is 0 Å². The second-order valence-electron chi connectivity index (χ2n) is 6.37. The zero-order chi connectivity index (χ0) is 17.4. The summed E-state index contributed by atoms with van der Waals surface area (Å²) >= 11 is 0. The van der Waals surface area contributed by atoms with Gasteiger partial charge in [0.05, 0.1) is 19.2 Å². The second kappa shape index (κ2) is 9.08. The number of anilines is 1. The lowest BCUT2D eigenvalue weighted by atomic mass is 9.97. The molecule has 2 rings (SSSR count). The molecule has 1 atom stereocenters. The summed E-state index contributed by atoms with van der Waals surface area (Å²) in [7, 11) is 0. The fraction of sp³-hybridized carbons (Fsp3) is 0.350. The summed E-state index contributed by atoms with van der Waals surface area (Å²) in [5.41, 5.74) is 2.78. The van der Waals surface area contributed by atoms with Crippen LogP contribution in [-0.2, 0) is 11.4 Å². The van der Waals surface area contributed by atoms with E-state index in [9.17, 15) is 4.79 Å². The Morgan fingerprint density at radius 3 is 2.50 bits per heavy atom. The number of aliphatic hydroxyl groups is 1. The van der Waals surface area contributed by atoms with Crippen molar-refractivity contribution in [2.45, 2.75) is 32.9 Å². The van der Waals surface area contributed by atoms with E-state index >= 15 is 0 Å². The highest BCUT2D eigenvalue weighted by atomic mass is 16.3. The van der Waals surface area contributed by atoms with Gasteiger partial charge in [-0.2, -0.15) is 0 Å². The molecule has 2 aromatic carbocycles. The first-order chi connectivity index (χ1) is 11.6. The van der Waals surface area contributed by atoms with Gasteiger partial charge >= 0.3 is 0 Å². The number of benzene rings is 2. The fourth-order valence-corrected chi connectivity index (χ4v) is 2.64. The van der Waals surface area contributed by atoms with Gasteiger partial charge in [-0.25, -0.2) is 0 Å². The normalized spacial score (nSPS) is 12.0. The Hall–Kier alpha value is -2.33. The van der Waals surface area contributed by atoms with Crippen LogP contribution in [0.4, 0.5) is 5.69 Å². The topological polar surface area (TPSA) is 61.4 Å². The summed E-state index contributed by atoms with van der Waals surface area (Å²) in [4.78, 5) is 12.3. The van der Waals surface area contributed by atoms with Crippen molar-refractivity contribution in [1.29, 1.82) is 0 Å². The van der Waals surface area contributed by atoms with Gasteiger partial charge in [0.1, 0.15) is 0 Å². The van der Waals surface area contributed by atoms with E-state index in [1.807, 2.05) is 54.6 Å². The van der Waals surface area contributed by atoms with Crippen molar-refractivity contribution < 1.29 is 9.90 Å². The molecule has 0 heterocycles. The van der Waals surface area contributed by atoms with Gasteiger partial charge in [0, 0.05) is 5.69 Å². The molecule has 0 aromatic heterocycles. The quantitative estimate of drug-likeness (QED) is 0.696. The van der Waals surface area contributed by atoms with Crippen molar-refractivity contribution in [2.75, 3.05) is 11.9 Å². The standard InChI is InChI=1S/C20H26N2O2/c1-15(2)11-19(17-8-4-3-5-9-17)22-20(24)13-21-18-10-6-7-16(12-18)14-23/h3-10,12,15,19,21,23H,11,13-14H2,1-2H3,(H,22,24). The third-order valence-corrected chi connectivity index (χ3v) is 3.81. The molecule has 0 aliphatic heterocycles. The predicted octanol–water partition coefficient (Wildman–Crippen LogP) is 3.49. The maximum atomic E-state index is 12.3. The third-order valence-electron chi connectivity index (χ3n) is 3.81. The van der Waals surface area contributed by atoms with Gasteiger partial charge in [-0.05, 0) is 35.6 Å². The van der Waals surface area contributed by atoms with Gasteiger partial charge in [0.2, 0.25) is 5.91 Å². The average molecular weight is 326 g/mol. The molecule has 0 fully saturated rings. The minimum atomic E-state index is -0.0427. The summed E-state index contributed by atoms with van der Waals surface area (Å²) in [5.74, 6) is 0.448. The minimum absolute atomic E-state index is 0.00775. The van der Waals surface area contributed by atoms with Crippen LogP contribution in [-0.4, -0.2) is 17.6 Å². The predicted molar refractivity (Wildman–Crippen MR) is 97.6 cm³/mol. The lowest BCUT2D eigenvalue weighted by molar-refractivity contribution is -0.120. The molecule has 1 unspecified atom stereocenters. The molecule has 4 nitrogen and oxygen atoms in total. The highest BCUT2D eigenvalue weighted by molar-refractivity contribution is 5.81. The lowest BCUT2D eigenvalue weighted by Crippen LogP contribution is -2.34. The molecule has 0 aliphatic carbocycles. The Morgan fingerprint density at radius 1 is 1.08 bits per heavy atom. The Balaban J connectivity index is 1.94. The van der Waals surface area contributed by atoms with E-state index in [1.165, 1.54) is 0 Å². The lowest BCUT2D eigenvalue weighted by Gasteiger charge is -2.21. The highest BCUT2D eigenvalue weighted by Crippen LogP contribution is 2.21. The molecular formula is C20H26N2O2. The summed E-state index contributed by atoms with van der Waals surface area (Å²) in [6, 6.07) is 17.5. The van der Waals surface area contributed by atoms with Crippen LogP contribution in [0.2, 0.25) is 0 Å². The molecule has 128 valence electrons. The average Bonchev–Trinajstić information content (AvgIpc) is 2.60. The molecule has 1 amide bonds. The number of carbonyl (C=O) groups is 1. The molecule has 2 aromatic rings. The van der Waals surface area contributed by atoms with Crippen LogP contribution < -0.4 is 10.6 Å². The van der Waals surface area contributed by atoms with Crippen molar-refractivity contribution in [2.24, 2.45) is 5.92 Å². The maximum Gasteiger partial charge on any atom is 0.239 e. The summed E-state index contributed by atoms with van der Waals surface area (Å²) in [6.45, 7) is 4.50. The molecule has 3 N–H and O–H groups in total. The molecule has 0 saturated carbocycles. The number of amides is 1. The van der Waals surface area contributed by atoms with Crippen molar-refractivity contribution in [3.8, 4) is 0 Å². The molecule has 0 spiro atoms. The van der Waals surface area contributed by atoms with Crippen molar-refractivity contribution >= 4 is 11.6 Å². The van der Waals surface area contributed by atoms with E-state index in [4.69, 9.17) is 5.11 Å². The van der Waals surface area contributed by atoms with Crippen LogP contribution in [0, 0.1) is 5.92 Å². The van der Waals surface area contributed by atoms with Gasteiger partial charge < -0.3 is 15.7 Å². The van der Waals surface area contributed by atoms with Gasteiger partial charge in [0.25, 0.3) is 0 Å². The first kappa shape index (κ1) is 18.0. The van der Waals surface area contributed by atoms with Crippen molar-refractivity contribution in [3.05, 3.63) is 65.7 Å².